The Morgan fingerprint density at radius 1 is 1.27 bits per heavy atom. The summed E-state index contributed by atoms with van der Waals surface area (Å²) in [4.78, 5) is 4.35. The molecule has 26 heavy (non-hydrogen) atoms. The zero-order valence-corrected chi connectivity index (χ0v) is 15.2. The molecular weight excluding hydrogens is 355 g/mol. The number of nitrogens with zero attached hydrogens (tertiary/aromatic N) is 6. The molecule has 0 spiro atoms. The van der Waals surface area contributed by atoms with Crippen molar-refractivity contribution < 1.29 is 8.91 Å². The van der Waals surface area contributed by atoms with E-state index in [0.717, 1.165) is 18.0 Å². The van der Waals surface area contributed by atoms with Crippen LogP contribution in [0.5, 0.6) is 0 Å². The third kappa shape index (κ3) is 3.62. The highest BCUT2D eigenvalue weighted by Crippen LogP contribution is 2.31. The van der Waals surface area contributed by atoms with Crippen LogP contribution in [0.2, 0.25) is 0 Å². The molecule has 1 fully saturated rings. The Kier molecular flexibility index (Phi) is 4.96. The number of thioether (sulfide) groups is 1. The van der Waals surface area contributed by atoms with Crippen molar-refractivity contribution in [3.63, 3.8) is 0 Å². The van der Waals surface area contributed by atoms with Crippen molar-refractivity contribution in [3.05, 3.63) is 35.5 Å². The van der Waals surface area contributed by atoms with Gasteiger partial charge in [0.05, 0.1) is 11.8 Å². The van der Waals surface area contributed by atoms with Gasteiger partial charge in [-0.25, -0.2) is 9.07 Å². The van der Waals surface area contributed by atoms with E-state index in [4.69, 9.17) is 4.52 Å². The van der Waals surface area contributed by atoms with Crippen LogP contribution in [-0.2, 0) is 5.75 Å². The van der Waals surface area contributed by atoms with E-state index in [0.29, 0.717) is 34.6 Å². The molecule has 3 aromatic rings. The Morgan fingerprint density at radius 3 is 2.92 bits per heavy atom. The number of benzene rings is 1. The Hall–Kier alpha value is -2.29. The summed E-state index contributed by atoms with van der Waals surface area (Å²) in [5, 5.41) is 16.8. The highest BCUT2D eigenvalue weighted by Gasteiger charge is 2.21. The first kappa shape index (κ1) is 17.1. The van der Waals surface area contributed by atoms with Crippen LogP contribution < -0.4 is 0 Å². The maximum atomic E-state index is 13.7. The molecule has 2 heterocycles. The van der Waals surface area contributed by atoms with E-state index >= 15 is 0 Å². The first-order valence-corrected chi connectivity index (χ1v) is 9.69. The minimum absolute atomic E-state index is 0.283. The molecule has 0 unspecified atom stereocenters. The van der Waals surface area contributed by atoms with Gasteiger partial charge in [-0.3, -0.25) is 0 Å². The molecule has 1 aromatic carbocycles. The Balaban J connectivity index is 1.44. The molecular formula is C17H19FN6OS. The van der Waals surface area contributed by atoms with Crippen molar-refractivity contribution in [2.24, 2.45) is 0 Å². The average Bonchev–Trinajstić information content (AvgIpc) is 3.32. The summed E-state index contributed by atoms with van der Waals surface area (Å²) in [6.07, 6.45) is 5.94. The van der Waals surface area contributed by atoms with Crippen LogP contribution in [0.4, 0.5) is 4.39 Å². The monoisotopic (exact) mass is 374 g/mol. The molecule has 1 aliphatic rings. The largest absolute Gasteiger partial charge is 0.338 e. The number of aromatic nitrogens is 6. The number of aryl methyl sites for hydroxylation is 1. The fraction of sp³-hybridized carbons (Fsp3) is 0.471. The molecule has 0 saturated heterocycles. The van der Waals surface area contributed by atoms with E-state index < -0.39 is 0 Å². The highest BCUT2D eigenvalue weighted by atomic mass is 32.2. The second kappa shape index (κ2) is 7.53. The summed E-state index contributed by atoms with van der Waals surface area (Å²) in [6, 6.07) is 5.27. The normalized spacial score (nSPS) is 15.5. The van der Waals surface area contributed by atoms with Crippen LogP contribution in [-0.4, -0.2) is 30.3 Å². The van der Waals surface area contributed by atoms with Gasteiger partial charge >= 0.3 is 0 Å². The molecule has 0 bridgehead atoms. The van der Waals surface area contributed by atoms with Crippen LogP contribution in [0.1, 0.15) is 49.6 Å². The topological polar surface area (TPSA) is 82.5 Å². The molecule has 2 aromatic heterocycles. The van der Waals surface area contributed by atoms with Crippen LogP contribution in [0, 0.1) is 12.7 Å². The van der Waals surface area contributed by atoms with Crippen molar-refractivity contribution in [2.45, 2.75) is 56.0 Å². The highest BCUT2D eigenvalue weighted by molar-refractivity contribution is 7.98. The summed E-state index contributed by atoms with van der Waals surface area (Å²) in [7, 11) is 0. The molecule has 0 atom stereocenters. The lowest BCUT2D eigenvalue weighted by Gasteiger charge is -2.21. The zero-order valence-electron chi connectivity index (χ0n) is 14.4. The molecule has 136 valence electrons. The summed E-state index contributed by atoms with van der Waals surface area (Å²) in [5.41, 5.74) is 1.18. The van der Waals surface area contributed by atoms with Crippen LogP contribution in [0.3, 0.4) is 0 Å². The fourth-order valence-electron chi connectivity index (χ4n) is 3.12. The van der Waals surface area contributed by atoms with Gasteiger partial charge in [0.25, 0.3) is 0 Å². The van der Waals surface area contributed by atoms with E-state index in [1.807, 2.05) is 4.68 Å². The second-order valence-corrected chi connectivity index (χ2v) is 7.40. The summed E-state index contributed by atoms with van der Waals surface area (Å²) >= 11 is 1.47. The molecule has 0 aliphatic heterocycles. The molecule has 1 saturated carbocycles. The first-order chi connectivity index (χ1) is 12.7. The summed E-state index contributed by atoms with van der Waals surface area (Å²) in [5.74, 6) is 1.03. The zero-order chi connectivity index (χ0) is 17.9. The van der Waals surface area contributed by atoms with Crippen molar-refractivity contribution in [2.75, 3.05) is 0 Å². The van der Waals surface area contributed by atoms with Crippen LogP contribution >= 0.6 is 11.8 Å². The first-order valence-electron chi connectivity index (χ1n) is 8.70. The van der Waals surface area contributed by atoms with E-state index in [1.54, 1.807) is 19.1 Å². The second-order valence-electron chi connectivity index (χ2n) is 6.46. The standard InChI is InChI=1S/C17H19FN6OS/c1-11-7-8-12(9-14(11)18)16-19-15(25-21-16)10-26-17-20-22-23-24(17)13-5-3-2-4-6-13/h7-9,13H,2-6,10H2,1H3. The lowest BCUT2D eigenvalue weighted by atomic mass is 9.96. The van der Waals surface area contributed by atoms with Gasteiger partial charge in [0, 0.05) is 5.56 Å². The predicted octanol–water partition coefficient (Wildman–Crippen LogP) is 3.97. The molecule has 0 radical (unpaired) electrons. The van der Waals surface area contributed by atoms with Gasteiger partial charge in [-0.05, 0) is 41.8 Å². The Bertz CT molecular complexity index is 889. The lowest BCUT2D eigenvalue weighted by Crippen LogP contribution is -2.15. The molecule has 4 rings (SSSR count). The molecule has 1 aliphatic carbocycles. The van der Waals surface area contributed by atoms with Gasteiger partial charge in [0.1, 0.15) is 5.82 Å². The summed E-state index contributed by atoms with van der Waals surface area (Å²) in [6.45, 7) is 1.72. The fourth-order valence-corrected chi connectivity index (χ4v) is 3.91. The van der Waals surface area contributed by atoms with Crippen molar-refractivity contribution in [1.29, 1.82) is 0 Å². The Morgan fingerprint density at radius 2 is 2.12 bits per heavy atom. The molecule has 0 amide bonds. The van der Waals surface area contributed by atoms with E-state index in [9.17, 15) is 4.39 Å². The average molecular weight is 374 g/mol. The summed E-state index contributed by atoms with van der Waals surface area (Å²) < 4.78 is 20.9. The maximum absolute atomic E-state index is 13.7. The maximum Gasteiger partial charge on any atom is 0.237 e. The number of tetrazole rings is 1. The number of halogens is 1. The molecule has 0 N–H and O–H groups in total. The van der Waals surface area contributed by atoms with Crippen molar-refractivity contribution >= 4 is 11.8 Å². The molecule has 9 heteroatoms. The minimum Gasteiger partial charge on any atom is -0.338 e. The number of rotatable bonds is 5. The van der Waals surface area contributed by atoms with E-state index in [2.05, 4.69) is 25.7 Å². The van der Waals surface area contributed by atoms with Gasteiger partial charge in [-0.15, -0.1) is 5.10 Å². The molecule has 7 nitrogen and oxygen atoms in total. The smallest absolute Gasteiger partial charge is 0.237 e. The van der Waals surface area contributed by atoms with Crippen molar-refractivity contribution in [3.8, 4) is 11.4 Å². The van der Waals surface area contributed by atoms with Crippen LogP contribution in [0.15, 0.2) is 27.9 Å². The Labute approximate surface area is 154 Å². The van der Waals surface area contributed by atoms with Crippen molar-refractivity contribution in [1.82, 2.24) is 30.3 Å². The number of hydrogen-bond donors (Lipinski definition) is 0. The third-order valence-corrected chi connectivity index (χ3v) is 5.52. The van der Waals surface area contributed by atoms with Crippen LogP contribution in [0.25, 0.3) is 11.4 Å². The van der Waals surface area contributed by atoms with Gasteiger partial charge in [0.15, 0.2) is 0 Å². The van der Waals surface area contributed by atoms with Gasteiger partial charge in [0.2, 0.25) is 16.9 Å². The van der Waals surface area contributed by atoms with Gasteiger partial charge in [-0.1, -0.05) is 48.3 Å². The predicted molar refractivity (Wildman–Crippen MR) is 93.9 cm³/mol. The van der Waals surface area contributed by atoms with E-state index in [-0.39, 0.29) is 5.82 Å². The minimum atomic E-state index is -0.283. The van der Waals surface area contributed by atoms with Gasteiger partial charge in [-0.2, -0.15) is 4.98 Å². The lowest BCUT2D eigenvalue weighted by molar-refractivity contribution is 0.307. The van der Waals surface area contributed by atoms with Gasteiger partial charge < -0.3 is 4.52 Å². The number of hydrogen-bond acceptors (Lipinski definition) is 7. The van der Waals surface area contributed by atoms with E-state index in [1.165, 1.54) is 37.1 Å². The SMILES string of the molecule is Cc1ccc(-c2noc(CSc3nnnn3C3CCCCC3)n2)cc1F. The quantitative estimate of drug-likeness (QED) is 0.625. The third-order valence-electron chi connectivity index (χ3n) is 4.61.